The molecule has 0 radical (unpaired) electrons. The predicted octanol–water partition coefficient (Wildman–Crippen LogP) is 10.5. The van der Waals surface area contributed by atoms with Crippen molar-refractivity contribution in [3.8, 4) is 23.0 Å². The smallest absolute Gasteiger partial charge is 0.343 e. The van der Waals surface area contributed by atoms with E-state index in [0.29, 0.717) is 24.3 Å². The normalized spacial score (nSPS) is 10.6. The van der Waals surface area contributed by atoms with Crippen molar-refractivity contribution in [2.75, 3.05) is 0 Å². The number of carbonyl (C=O) groups is 4. The summed E-state index contributed by atoms with van der Waals surface area (Å²) in [5, 5.41) is 0. The van der Waals surface area contributed by atoms with E-state index in [1.54, 1.807) is 24.3 Å². The Morgan fingerprint density at radius 1 is 0.400 bits per heavy atom. The molecule has 50 heavy (non-hydrogen) atoms. The van der Waals surface area contributed by atoms with Crippen molar-refractivity contribution in [3.63, 3.8) is 0 Å². The van der Waals surface area contributed by atoms with E-state index in [1.165, 1.54) is 61.4 Å². The summed E-state index contributed by atoms with van der Waals surface area (Å²) in [6.45, 7) is 7.46. The van der Waals surface area contributed by atoms with Crippen molar-refractivity contribution in [1.29, 1.82) is 0 Å². The summed E-state index contributed by atoms with van der Waals surface area (Å²) >= 11 is 0. The second-order valence-corrected chi connectivity index (χ2v) is 12.1. The first-order chi connectivity index (χ1) is 24.4. The number of rotatable bonds is 24. The van der Waals surface area contributed by atoms with Crippen molar-refractivity contribution in [3.05, 3.63) is 109 Å². The van der Waals surface area contributed by atoms with Crippen LogP contribution >= 0.6 is 0 Å². The molecule has 0 unspecified atom stereocenters. The van der Waals surface area contributed by atoms with Gasteiger partial charge in [-0.05, 0) is 111 Å². The molecule has 0 aromatic heterocycles. The van der Waals surface area contributed by atoms with Crippen molar-refractivity contribution >= 4 is 23.9 Å². The first-order valence-electron chi connectivity index (χ1n) is 17.8. The molecule has 0 N–H and O–H groups in total. The number of ether oxygens (including phenoxy) is 4. The fourth-order valence-electron chi connectivity index (χ4n) is 5.12. The van der Waals surface area contributed by atoms with Crippen LogP contribution < -0.4 is 18.9 Å². The van der Waals surface area contributed by atoms with Crippen LogP contribution in [0.3, 0.4) is 0 Å². The third-order valence-corrected chi connectivity index (χ3v) is 7.97. The quantitative estimate of drug-likeness (QED) is 0.0398. The van der Waals surface area contributed by atoms with Gasteiger partial charge in [-0.2, -0.15) is 0 Å². The highest BCUT2D eigenvalue weighted by molar-refractivity contribution is 5.92. The minimum absolute atomic E-state index is 0.265. The van der Waals surface area contributed by atoms with Crippen LogP contribution in [0.4, 0.5) is 0 Å². The SMILES string of the molecule is C=CCCCCCCCCC(=O)Oc1ccc(C(=O)Oc2ccc(OC(=O)c3ccc(OC(=O)CCCCCCCCC=C)cc3)cc2)cc1. The van der Waals surface area contributed by atoms with Crippen LogP contribution in [0.15, 0.2) is 98.1 Å². The van der Waals surface area contributed by atoms with Crippen molar-refractivity contribution in [2.45, 2.75) is 103 Å². The Morgan fingerprint density at radius 2 is 0.680 bits per heavy atom. The van der Waals surface area contributed by atoms with Gasteiger partial charge >= 0.3 is 23.9 Å². The second kappa shape index (κ2) is 23.4. The molecule has 0 atom stereocenters. The lowest BCUT2D eigenvalue weighted by Crippen LogP contribution is -2.11. The molecule has 3 aromatic rings. The summed E-state index contributed by atoms with van der Waals surface area (Å²) in [5.41, 5.74) is 0.577. The molecule has 0 spiro atoms. The number of benzene rings is 3. The van der Waals surface area contributed by atoms with Gasteiger partial charge in [0, 0.05) is 12.8 Å². The lowest BCUT2D eigenvalue weighted by atomic mass is 10.1. The van der Waals surface area contributed by atoms with E-state index >= 15 is 0 Å². The van der Waals surface area contributed by atoms with E-state index in [2.05, 4.69) is 13.2 Å². The van der Waals surface area contributed by atoms with Crippen LogP contribution in [0, 0.1) is 0 Å². The predicted molar refractivity (Wildman–Crippen MR) is 195 cm³/mol. The molecule has 0 bridgehead atoms. The molecule has 8 heteroatoms. The van der Waals surface area contributed by atoms with E-state index < -0.39 is 11.9 Å². The summed E-state index contributed by atoms with van der Waals surface area (Å²) in [4.78, 5) is 49.6. The van der Waals surface area contributed by atoms with Crippen LogP contribution in [-0.4, -0.2) is 23.9 Å². The minimum Gasteiger partial charge on any atom is -0.427 e. The summed E-state index contributed by atoms with van der Waals surface area (Å²) in [7, 11) is 0. The Morgan fingerprint density at radius 3 is 1.02 bits per heavy atom. The van der Waals surface area contributed by atoms with E-state index in [-0.39, 0.29) is 34.6 Å². The standard InChI is InChI=1S/C42H50O8/c1-3-5-7-9-11-13-15-17-19-39(43)47-35-25-21-33(22-26-35)41(45)49-37-29-31-38(32-30-37)50-42(46)34-23-27-36(28-24-34)48-40(44)20-18-16-14-12-10-8-6-4-2/h3-4,21-32H,1-2,5-20H2. The highest BCUT2D eigenvalue weighted by Gasteiger charge is 2.13. The zero-order valence-electron chi connectivity index (χ0n) is 29.1. The summed E-state index contributed by atoms with van der Waals surface area (Å²) < 4.78 is 21.7. The Balaban J connectivity index is 1.34. The summed E-state index contributed by atoms with van der Waals surface area (Å²) in [6.07, 6.45) is 19.4. The van der Waals surface area contributed by atoms with Crippen molar-refractivity contribution < 1.29 is 38.1 Å². The maximum absolute atomic E-state index is 12.6. The average Bonchev–Trinajstić information content (AvgIpc) is 3.12. The zero-order chi connectivity index (χ0) is 35.8. The van der Waals surface area contributed by atoms with Crippen LogP contribution in [0.5, 0.6) is 23.0 Å². The minimum atomic E-state index is -0.587. The van der Waals surface area contributed by atoms with Gasteiger partial charge in [0.05, 0.1) is 11.1 Å². The molecule has 0 saturated carbocycles. The lowest BCUT2D eigenvalue weighted by molar-refractivity contribution is -0.135. The topological polar surface area (TPSA) is 105 Å². The Bertz CT molecular complexity index is 1380. The molecular formula is C42H50O8. The maximum Gasteiger partial charge on any atom is 0.343 e. The number of hydrogen-bond donors (Lipinski definition) is 0. The first-order valence-corrected chi connectivity index (χ1v) is 17.8. The van der Waals surface area contributed by atoms with Crippen LogP contribution in [0.2, 0.25) is 0 Å². The lowest BCUT2D eigenvalue weighted by Gasteiger charge is -2.08. The van der Waals surface area contributed by atoms with Gasteiger partial charge in [0.2, 0.25) is 0 Å². The number of esters is 4. The van der Waals surface area contributed by atoms with Gasteiger partial charge < -0.3 is 18.9 Å². The molecule has 0 saturated heterocycles. The summed E-state index contributed by atoms with van der Waals surface area (Å²) in [6, 6.07) is 18.4. The van der Waals surface area contributed by atoms with E-state index in [0.717, 1.165) is 77.0 Å². The highest BCUT2D eigenvalue weighted by Crippen LogP contribution is 2.22. The highest BCUT2D eigenvalue weighted by atomic mass is 16.5. The van der Waals surface area contributed by atoms with E-state index in [4.69, 9.17) is 18.9 Å². The second-order valence-electron chi connectivity index (χ2n) is 12.1. The van der Waals surface area contributed by atoms with Gasteiger partial charge in [-0.1, -0.05) is 63.5 Å². The zero-order valence-corrected chi connectivity index (χ0v) is 29.1. The number of unbranched alkanes of at least 4 members (excludes halogenated alkanes) is 12. The monoisotopic (exact) mass is 682 g/mol. The largest absolute Gasteiger partial charge is 0.427 e. The van der Waals surface area contributed by atoms with E-state index in [1.807, 2.05) is 12.2 Å². The maximum atomic E-state index is 12.6. The van der Waals surface area contributed by atoms with E-state index in [9.17, 15) is 19.2 Å². The number of carbonyl (C=O) groups excluding carboxylic acids is 4. The molecule has 3 aromatic carbocycles. The van der Waals surface area contributed by atoms with Gasteiger partial charge in [-0.15, -0.1) is 13.2 Å². The molecule has 266 valence electrons. The van der Waals surface area contributed by atoms with Gasteiger partial charge in [0.25, 0.3) is 0 Å². The van der Waals surface area contributed by atoms with Crippen LogP contribution in [-0.2, 0) is 9.59 Å². The molecule has 8 nitrogen and oxygen atoms in total. The fourth-order valence-corrected chi connectivity index (χ4v) is 5.12. The molecular weight excluding hydrogens is 632 g/mol. The number of allylic oxidation sites excluding steroid dienone is 2. The van der Waals surface area contributed by atoms with Crippen molar-refractivity contribution in [1.82, 2.24) is 0 Å². The molecule has 0 aliphatic rings. The van der Waals surface area contributed by atoms with Crippen molar-refractivity contribution in [2.24, 2.45) is 0 Å². The van der Waals surface area contributed by atoms with Gasteiger partial charge in [-0.3, -0.25) is 9.59 Å². The molecule has 0 aliphatic carbocycles. The molecule has 0 aliphatic heterocycles. The van der Waals surface area contributed by atoms with Gasteiger partial charge in [0.1, 0.15) is 23.0 Å². The Labute approximate surface area is 296 Å². The molecule has 0 heterocycles. The third kappa shape index (κ3) is 15.9. The van der Waals surface area contributed by atoms with Crippen LogP contribution in [0.1, 0.15) is 123 Å². The molecule has 0 fully saturated rings. The summed E-state index contributed by atoms with van der Waals surface area (Å²) in [5.74, 6) is -0.509. The fraction of sp³-hybridized carbons (Fsp3) is 0.381. The van der Waals surface area contributed by atoms with Gasteiger partial charge in [0.15, 0.2) is 0 Å². The molecule has 0 amide bonds. The number of hydrogen-bond acceptors (Lipinski definition) is 8. The molecule has 3 rings (SSSR count). The first kappa shape index (κ1) is 39.5. The Kier molecular flexibility index (Phi) is 18.5. The van der Waals surface area contributed by atoms with Gasteiger partial charge in [-0.25, -0.2) is 9.59 Å². The average molecular weight is 683 g/mol. The van der Waals surface area contributed by atoms with Crippen LogP contribution in [0.25, 0.3) is 0 Å². The third-order valence-electron chi connectivity index (χ3n) is 7.97. The Hall–Kier alpha value is -4.98.